The van der Waals surface area contributed by atoms with Crippen molar-refractivity contribution in [2.24, 2.45) is 0 Å². The summed E-state index contributed by atoms with van der Waals surface area (Å²) in [5, 5.41) is 0. The quantitative estimate of drug-likeness (QED) is 0.864. The molecule has 0 spiro atoms. The molecule has 0 saturated heterocycles. The molecule has 0 aliphatic rings. The van der Waals surface area contributed by atoms with Crippen LogP contribution in [0.5, 0.6) is 0 Å². The first-order valence-corrected chi connectivity index (χ1v) is 8.41. The summed E-state index contributed by atoms with van der Waals surface area (Å²) in [6.07, 6.45) is 0.780. The lowest BCUT2D eigenvalue weighted by Crippen LogP contribution is -2.30. The van der Waals surface area contributed by atoms with Gasteiger partial charge < -0.3 is 5.73 Å². The highest BCUT2D eigenvalue weighted by atomic mass is 32.2. The van der Waals surface area contributed by atoms with Gasteiger partial charge >= 0.3 is 0 Å². The molecule has 112 valence electrons. The standard InChI is InChI=1S/C16H20N2O2S/c1-3-13-10-11-15(12-16(13)17)21(19,20)18(4-2)14-8-6-5-7-9-14/h5-12H,3-4,17H2,1-2H3. The number of aryl methyl sites for hydroxylation is 1. The number of rotatable bonds is 5. The monoisotopic (exact) mass is 304 g/mol. The summed E-state index contributed by atoms with van der Waals surface area (Å²) in [6, 6.07) is 14.0. The highest BCUT2D eigenvalue weighted by Crippen LogP contribution is 2.25. The van der Waals surface area contributed by atoms with Gasteiger partial charge in [0, 0.05) is 12.2 Å². The van der Waals surface area contributed by atoms with Crippen molar-refractivity contribution in [1.29, 1.82) is 0 Å². The summed E-state index contributed by atoms with van der Waals surface area (Å²) in [5.74, 6) is 0. The van der Waals surface area contributed by atoms with Gasteiger partial charge in [0.25, 0.3) is 10.0 Å². The SMILES string of the molecule is CCc1ccc(S(=O)(=O)N(CC)c2ccccc2)cc1N. The van der Waals surface area contributed by atoms with Crippen LogP contribution in [0.2, 0.25) is 0 Å². The first-order valence-electron chi connectivity index (χ1n) is 6.97. The van der Waals surface area contributed by atoms with Gasteiger partial charge in [-0.1, -0.05) is 31.2 Å². The maximum atomic E-state index is 12.8. The van der Waals surface area contributed by atoms with Gasteiger partial charge in [-0.2, -0.15) is 0 Å². The first kappa shape index (κ1) is 15.4. The van der Waals surface area contributed by atoms with Crippen molar-refractivity contribution < 1.29 is 8.42 Å². The maximum Gasteiger partial charge on any atom is 0.264 e. The number of nitrogen functional groups attached to an aromatic ring is 1. The van der Waals surface area contributed by atoms with Crippen LogP contribution in [0.15, 0.2) is 53.4 Å². The van der Waals surface area contributed by atoms with Gasteiger partial charge in [0.15, 0.2) is 0 Å². The Bertz CT molecular complexity index is 712. The molecule has 0 aliphatic heterocycles. The molecule has 21 heavy (non-hydrogen) atoms. The Morgan fingerprint density at radius 2 is 1.71 bits per heavy atom. The van der Waals surface area contributed by atoms with Crippen LogP contribution in [0, 0.1) is 0 Å². The summed E-state index contributed by atoms with van der Waals surface area (Å²) in [4.78, 5) is 0.225. The van der Waals surface area contributed by atoms with Crippen LogP contribution in [0.1, 0.15) is 19.4 Å². The zero-order chi connectivity index (χ0) is 15.5. The van der Waals surface area contributed by atoms with E-state index in [0.717, 1.165) is 12.0 Å². The van der Waals surface area contributed by atoms with E-state index in [1.165, 1.54) is 4.31 Å². The highest BCUT2D eigenvalue weighted by Gasteiger charge is 2.23. The van der Waals surface area contributed by atoms with Crippen LogP contribution in [0.4, 0.5) is 11.4 Å². The molecule has 2 aromatic carbocycles. The fourth-order valence-corrected chi connectivity index (χ4v) is 3.78. The van der Waals surface area contributed by atoms with E-state index in [-0.39, 0.29) is 4.90 Å². The number of nitrogens with zero attached hydrogens (tertiary/aromatic N) is 1. The normalized spacial score (nSPS) is 11.3. The van der Waals surface area contributed by atoms with E-state index in [0.29, 0.717) is 17.9 Å². The molecule has 5 heteroatoms. The number of anilines is 2. The topological polar surface area (TPSA) is 63.4 Å². The molecular weight excluding hydrogens is 284 g/mol. The van der Waals surface area contributed by atoms with E-state index in [4.69, 9.17) is 5.73 Å². The van der Waals surface area contributed by atoms with Crippen molar-refractivity contribution in [2.75, 3.05) is 16.6 Å². The van der Waals surface area contributed by atoms with E-state index >= 15 is 0 Å². The molecule has 4 nitrogen and oxygen atoms in total. The van der Waals surface area contributed by atoms with Crippen molar-refractivity contribution >= 4 is 21.4 Å². The predicted molar refractivity (Wildman–Crippen MR) is 86.9 cm³/mol. The Hall–Kier alpha value is -2.01. The third-order valence-electron chi connectivity index (χ3n) is 3.42. The van der Waals surface area contributed by atoms with Gasteiger partial charge in [0.1, 0.15) is 0 Å². The highest BCUT2D eigenvalue weighted by molar-refractivity contribution is 7.92. The van der Waals surface area contributed by atoms with Crippen LogP contribution in [-0.2, 0) is 16.4 Å². The number of para-hydroxylation sites is 1. The molecule has 0 fully saturated rings. The molecule has 0 aromatic heterocycles. The summed E-state index contributed by atoms with van der Waals surface area (Å²) in [5.41, 5.74) is 8.05. The largest absolute Gasteiger partial charge is 0.398 e. The smallest absolute Gasteiger partial charge is 0.264 e. The minimum atomic E-state index is -3.60. The predicted octanol–water partition coefficient (Wildman–Crippen LogP) is 3.05. The first-order chi connectivity index (χ1) is 10.0. The van der Waals surface area contributed by atoms with Crippen molar-refractivity contribution in [3.8, 4) is 0 Å². The molecule has 2 N–H and O–H groups in total. The van der Waals surface area contributed by atoms with Crippen molar-refractivity contribution in [3.63, 3.8) is 0 Å². The average Bonchev–Trinajstić information content (AvgIpc) is 2.48. The molecule has 0 atom stereocenters. The molecule has 0 aliphatic carbocycles. The van der Waals surface area contributed by atoms with E-state index < -0.39 is 10.0 Å². The van der Waals surface area contributed by atoms with Crippen molar-refractivity contribution in [2.45, 2.75) is 25.2 Å². The second kappa shape index (κ2) is 6.18. The van der Waals surface area contributed by atoms with Crippen LogP contribution < -0.4 is 10.0 Å². The third kappa shape index (κ3) is 3.03. The summed E-state index contributed by atoms with van der Waals surface area (Å²) >= 11 is 0. The van der Waals surface area contributed by atoms with E-state index in [2.05, 4.69) is 0 Å². The van der Waals surface area contributed by atoms with Gasteiger partial charge in [0.2, 0.25) is 0 Å². The van der Waals surface area contributed by atoms with E-state index in [1.54, 1.807) is 30.3 Å². The fraction of sp³-hybridized carbons (Fsp3) is 0.250. The summed E-state index contributed by atoms with van der Waals surface area (Å²) in [7, 11) is -3.60. The molecule has 0 radical (unpaired) electrons. The van der Waals surface area contributed by atoms with E-state index in [1.807, 2.05) is 32.0 Å². The molecule has 2 aromatic rings. The minimum absolute atomic E-state index is 0.225. The lowest BCUT2D eigenvalue weighted by Gasteiger charge is -2.23. The number of hydrogen-bond acceptors (Lipinski definition) is 3. The number of sulfonamides is 1. The fourth-order valence-electron chi connectivity index (χ4n) is 2.27. The molecule has 0 unspecified atom stereocenters. The Balaban J connectivity index is 2.47. The Morgan fingerprint density at radius 1 is 1.05 bits per heavy atom. The van der Waals surface area contributed by atoms with Crippen molar-refractivity contribution in [1.82, 2.24) is 0 Å². The molecule has 0 bridgehead atoms. The van der Waals surface area contributed by atoms with Crippen LogP contribution in [0.25, 0.3) is 0 Å². The number of nitrogens with two attached hydrogens (primary N) is 1. The number of hydrogen-bond donors (Lipinski definition) is 1. The average molecular weight is 304 g/mol. The summed E-state index contributed by atoms with van der Waals surface area (Å²) in [6.45, 7) is 4.16. The van der Waals surface area contributed by atoms with Crippen LogP contribution >= 0.6 is 0 Å². The third-order valence-corrected chi connectivity index (χ3v) is 5.32. The zero-order valence-electron chi connectivity index (χ0n) is 12.3. The number of benzene rings is 2. The Morgan fingerprint density at radius 3 is 2.24 bits per heavy atom. The lowest BCUT2D eigenvalue weighted by atomic mass is 10.1. The lowest BCUT2D eigenvalue weighted by molar-refractivity contribution is 0.592. The van der Waals surface area contributed by atoms with Crippen LogP contribution in [-0.4, -0.2) is 15.0 Å². The Labute approximate surface area is 126 Å². The Kier molecular flexibility index (Phi) is 4.53. The van der Waals surface area contributed by atoms with Gasteiger partial charge in [-0.05, 0) is 43.2 Å². The molecule has 0 heterocycles. The minimum Gasteiger partial charge on any atom is -0.398 e. The summed E-state index contributed by atoms with van der Waals surface area (Å²) < 4.78 is 27.0. The van der Waals surface area contributed by atoms with Gasteiger partial charge in [0.05, 0.1) is 10.6 Å². The maximum absolute atomic E-state index is 12.8. The van der Waals surface area contributed by atoms with E-state index in [9.17, 15) is 8.42 Å². The zero-order valence-corrected chi connectivity index (χ0v) is 13.1. The molecule has 2 rings (SSSR count). The molecule has 0 saturated carbocycles. The van der Waals surface area contributed by atoms with Gasteiger partial charge in [-0.15, -0.1) is 0 Å². The van der Waals surface area contributed by atoms with Gasteiger partial charge in [-0.3, -0.25) is 4.31 Å². The second-order valence-corrected chi connectivity index (χ2v) is 6.58. The van der Waals surface area contributed by atoms with Crippen LogP contribution in [0.3, 0.4) is 0 Å². The molecule has 0 amide bonds. The van der Waals surface area contributed by atoms with Gasteiger partial charge in [-0.25, -0.2) is 8.42 Å². The van der Waals surface area contributed by atoms with Crippen molar-refractivity contribution in [3.05, 3.63) is 54.1 Å². The molecular formula is C16H20N2O2S. The second-order valence-electron chi connectivity index (χ2n) is 4.72.